The van der Waals surface area contributed by atoms with Gasteiger partial charge in [-0.25, -0.2) is 9.59 Å². The Morgan fingerprint density at radius 1 is 1.50 bits per heavy atom. The molecule has 0 radical (unpaired) electrons. The highest BCUT2D eigenvalue weighted by Gasteiger charge is 2.13. The highest BCUT2D eigenvalue weighted by molar-refractivity contribution is 5.76. The minimum atomic E-state index is -1.61. The largest absolute Gasteiger partial charge is 0.479 e. The molecule has 0 unspecified atom stereocenters. The van der Waals surface area contributed by atoms with Gasteiger partial charge in [-0.3, -0.25) is 0 Å². The number of carbonyl (C=O) groups excluding carboxylic acids is 1. The normalized spacial score (nSPS) is 11.8. The fourth-order valence-electron chi connectivity index (χ4n) is 0.840. The lowest BCUT2D eigenvalue weighted by Gasteiger charge is -2.08. The van der Waals surface area contributed by atoms with Gasteiger partial charge in [-0.05, 0) is 0 Å². The molecule has 1 heterocycles. The highest BCUT2D eigenvalue weighted by Crippen LogP contribution is 1.94. The number of nitrogens with zero attached hydrogens (tertiary/aromatic N) is 1. The summed E-state index contributed by atoms with van der Waals surface area (Å²) in [5, 5.41) is 25.2. The van der Waals surface area contributed by atoms with E-state index in [9.17, 15) is 9.59 Å². The van der Waals surface area contributed by atoms with Gasteiger partial charge in [0, 0.05) is 6.07 Å². The quantitative estimate of drug-likeness (QED) is 0.509. The first-order valence-corrected chi connectivity index (χ1v) is 4.41. The van der Waals surface area contributed by atoms with Crippen LogP contribution in [0.1, 0.15) is 5.76 Å². The van der Waals surface area contributed by atoms with Crippen molar-refractivity contribution in [2.24, 2.45) is 0 Å². The molecule has 16 heavy (non-hydrogen) atoms. The average Bonchev–Trinajstić information content (AvgIpc) is 2.75. The summed E-state index contributed by atoms with van der Waals surface area (Å²) in [5.74, 6) is -0.926. The molecule has 2 amide bonds. The number of carboxylic acids is 1. The Hall–Kier alpha value is -2.09. The molecule has 0 fully saturated rings. The van der Waals surface area contributed by atoms with E-state index in [1.54, 1.807) is 6.07 Å². The number of aliphatic carboxylic acids is 1. The van der Waals surface area contributed by atoms with Crippen LogP contribution in [-0.4, -0.2) is 40.0 Å². The van der Waals surface area contributed by atoms with Gasteiger partial charge in [0.1, 0.15) is 0 Å². The molecule has 1 aromatic heterocycles. The van der Waals surface area contributed by atoms with E-state index in [4.69, 9.17) is 14.7 Å². The summed E-state index contributed by atoms with van der Waals surface area (Å²) in [6, 6.07) is 0.975. The molecular weight excluding hydrogens is 218 g/mol. The summed E-state index contributed by atoms with van der Waals surface area (Å²) >= 11 is 0. The number of amides is 2. The smallest absolute Gasteiger partial charge is 0.334 e. The predicted octanol–water partition coefficient (Wildman–Crippen LogP) is -1.08. The number of nitrogens with one attached hydrogen (secondary N) is 2. The lowest BCUT2D eigenvalue weighted by Crippen LogP contribution is -2.41. The Labute approximate surface area is 90.2 Å². The van der Waals surface area contributed by atoms with Crippen LogP contribution in [0.4, 0.5) is 4.79 Å². The number of carbonyl (C=O) groups is 2. The Balaban J connectivity index is 2.19. The van der Waals surface area contributed by atoms with Gasteiger partial charge in [0.25, 0.3) is 0 Å². The lowest BCUT2D eigenvalue weighted by molar-refractivity contribution is -0.146. The van der Waals surface area contributed by atoms with Crippen molar-refractivity contribution in [2.45, 2.75) is 12.6 Å². The Bertz CT molecular complexity index is 351. The van der Waals surface area contributed by atoms with Crippen molar-refractivity contribution in [3.63, 3.8) is 0 Å². The van der Waals surface area contributed by atoms with Gasteiger partial charge in [0.15, 0.2) is 11.9 Å². The number of aliphatic hydroxyl groups excluding tert-OH is 1. The topological polar surface area (TPSA) is 125 Å². The molecule has 0 aromatic carbocycles. The number of hydrogen-bond acceptors (Lipinski definition) is 5. The van der Waals surface area contributed by atoms with Gasteiger partial charge in [-0.15, -0.1) is 0 Å². The molecule has 0 bridgehead atoms. The number of aliphatic hydroxyl groups is 1. The summed E-state index contributed by atoms with van der Waals surface area (Å²) in [7, 11) is 0. The maximum atomic E-state index is 11.1. The maximum absolute atomic E-state index is 11.1. The second kappa shape index (κ2) is 5.71. The fourth-order valence-corrected chi connectivity index (χ4v) is 0.840. The molecule has 1 aromatic rings. The number of carboxylic acid groups (broad SMARTS) is 1. The van der Waals surface area contributed by atoms with E-state index >= 15 is 0 Å². The number of rotatable bonds is 5. The van der Waals surface area contributed by atoms with E-state index in [0.29, 0.717) is 5.76 Å². The Morgan fingerprint density at radius 3 is 2.81 bits per heavy atom. The minimum Gasteiger partial charge on any atom is -0.479 e. The van der Waals surface area contributed by atoms with E-state index in [1.165, 1.54) is 6.20 Å². The number of urea groups is 1. The van der Waals surface area contributed by atoms with Crippen LogP contribution in [-0.2, 0) is 11.3 Å². The molecule has 88 valence electrons. The standard InChI is InChI=1S/C8H11N3O5/c12-6(7(13)14)4-10-8(15)9-3-5-1-2-11-16-5/h1-2,6,12H,3-4H2,(H,13,14)(H2,9,10,15)/t6-/m0/s1. The Morgan fingerprint density at radius 2 is 2.25 bits per heavy atom. The first-order chi connectivity index (χ1) is 7.59. The molecule has 0 saturated heterocycles. The second-order valence-corrected chi connectivity index (χ2v) is 2.90. The lowest BCUT2D eigenvalue weighted by atomic mass is 10.3. The van der Waals surface area contributed by atoms with Gasteiger partial charge >= 0.3 is 12.0 Å². The molecule has 0 saturated carbocycles. The molecule has 1 atom stereocenters. The Kier molecular flexibility index (Phi) is 4.28. The van der Waals surface area contributed by atoms with Crippen LogP contribution in [0.15, 0.2) is 16.8 Å². The summed E-state index contributed by atoms with van der Waals surface area (Å²) in [4.78, 5) is 21.3. The van der Waals surface area contributed by atoms with E-state index in [0.717, 1.165) is 0 Å². The highest BCUT2D eigenvalue weighted by atomic mass is 16.5. The van der Waals surface area contributed by atoms with E-state index in [2.05, 4.69) is 15.8 Å². The molecule has 1 rings (SSSR count). The van der Waals surface area contributed by atoms with Crippen molar-refractivity contribution >= 4 is 12.0 Å². The maximum Gasteiger partial charge on any atom is 0.334 e. The molecular formula is C8H11N3O5. The summed E-state index contributed by atoms with van der Waals surface area (Å²) < 4.78 is 4.71. The van der Waals surface area contributed by atoms with Gasteiger partial charge in [0.05, 0.1) is 19.3 Å². The van der Waals surface area contributed by atoms with Crippen molar-refractivity contribution in [3.8, 4) is 0 Å². The SMILES string of the molecule is O=C(NCc1ccno1)NC[C@H](O)C(=O)O. The number of aromatic nitrogens is 1. The summed E-state index contributed by atoms with van der Waals surface area (Å²) in [6.45, 7) is -0.230. The van der Waals surface area contributed by atoms with Crippen molar-refractivity contribution in [1.29, 1.82) is 0 Å². The van der Waals surface area contributed by atoms with E-state index in [1.807, 2.05) is 0 Å². The van der Waals surface area contributed by atoms with Crippen molar-refractivity contribution in [2.75, 3.05) is 6.54 Å². The van der Waals surface area contributed by atoms with Crippen LogP contribution in [0.2, 0.25) is 0 Å². The van der Waals surface area contributed by atoms with Gasteiger partial charge < -0.3 is 25.4 Å². The molecule has 0 aliphatic carbocycles. The molecule has 0 aliphatic heterocycles. The zero-order chi connectivity index (χ0) is 12.0. The molecule has 8 nitrogen and oxygen atoms in total. The van der Waals surface area contributed by atoms with E-state index < -0.39 is 18.1 Å². The third-order valence-corrected chi connectivity index (χ3v) is 1.66. The van der Waals surface area contributed by atoms with Crippen LogP contribution in [0, 0.1) is 0 Å². The second-order valence-electron chi connectivity index (χ2n) is 2.90. The molecule has 0 spiro atoms. The first kappa shape index (κ1) is 12.0. The predicted molar refractivity (Wildman–Crippen MR) is 50.4 cm³/mol. The van der Waals surface area contributed by atoms with Crippen LogP contribution in [0.3, 0.4) is 0 Å². The van der Waals surface area contributed by atoms with Crippen molar-refractivity contribution in [3.05, 3.63) is 18.0 Å². The minimum absolute atomic E-state index is 0.134. The first-order valence-electron chi connectivity index (χ1n) is 4.41. The third kappa shape index (κ3) is 3.96. The van der Waals surface area contributed by atoms with Crippen LogP contribution >= 0.6 is 0 Å². The van der Waals surface area contributed by atoms with Gasteiger partial charge in [-0.2, -0.15) is 0 Å². The molecule has 0 aliphatic rings. The van der Waals surface area contributed by atoms with E-state index in [-0.39, 0.29) is 13.1 Å². The fraction of sp³-hybridized carbons (Fsp3) is 0.375. The monoisotopic (exact) mass is 229 g/mol. The molecule has 8 heteroatoms. The van der Waals surface area contributed by atoms with Gasteiger partial charge in [0.2, 0.25) is 0 Å². The average molecular weight is 229 g/mol. The van der Waals surface area contributed by atoms with Crippen molar-refractivity contribution in [1.82, 2.24) is 15.8 Å². The summed E-state index contributed by atoms with van der Waals surface area (Å²) in [6.07, 6.45) is -0.181. The van der Waals surface area contributed by atoms with Crippen LogP contribution < -0.4 is 10.6 Å². The zero-order valence-electron chi connectivity index (χ0n) is 8.21. The van der Waals surface area contributed by atoms with Gasteiger partial charge in [-0.1, -0.05) is 5.16 Å². The summed E-state index contributed by atoms with van der Waals surface area (Å²) in [5.41, 5.74) is 0. The molecule has 4 N–H and O–H groups in total. The van der Waals surface area contributed by atoms with Crippen LogP contribution in [0.5, 0.6) is 0 Å². The van der Waals surface area contributed by atoms with Crippen LogP contribution in [0.25, 0.3) is 0 Å². The van der Waals surface area contributed by atoms with Crippen molar-refractivity contribution < 1.29 is 24.3 Å². The number of hydrogen-bond donors (Lipinski definition) is 4. The zero-order valence-corrected chi connectivity index (χ0v) is 8.21. The third-order valence-electron chi connectivity index (χ3n) is 1.66.